The quantitative estimate of drug-likeness (QED) is 0.673. The fraction of sp³-hybridized carbons (Fsp3) is 0.385. The first-order chi connectivity index (χ1) is 9.51. The van der Waals surface area contributed by atoms with Gasteiger partial charge in [0.25, 0.3) is 11.6 Å². The smallest absolute Gasteiger partial charge is 0.273 e. The molecule has 0 aliphatic heterocycles. The normalized spacial score (nSPS) is 11.8. The maximum atomic E-state index is 10.9. The predicted octanol–water partition coefficient (Wildman–Crippen LogP) is 2.53. The van der Waals surface area contributed by atoms with E-state index in [1.165, 1.54) is 6.07 Å². The van der Waals surface area contributed by atoms with E-state index in [1.807, 2.05) is 14.0 Å². The van der Waals surface area contributed by atoms with Crippen LogP contribution < -0.4 is 5.32 Å². The Bertz CT molecular complexity index is 630. The minimum Gasteiger partial charge on any atom is -0.334 e. The van der Waals surface area contributed by atoms with Crippen LogP contribution in [0.1, 0.15) is 18.3 Å². The van der Waals surface area contributed by atoms with Crippen LogP contribution in [0.4, 0.5) is 5.69 Å². The van der Waals surface area contributed by atoms with Crippen molar-refractivity contribution in [1.82, 2.24) is 15.5 Å². The number of nitrogens with zero attached hydrogens (tertiary/aromatic N) is 3. The first-order valence-corrected chi connectivity index (χ1v) is 6.26. The third kappa shape index (κ3) is 3.99. The molecule has 0 aliphatic rings. The number of halogens is 1. The van der Waals surface area contributed by atoms with Crippen LogP contribution in [-0.4, -0.2) is 28.2 Å². The molecule has 1 aromatic carbocycles. The summed E-state index contributed by atoms with van der Waals surface area (Å²) in [7, 11) is 1.86. The lowest BCUT2D eigenvalue weighted by molar-refractivity contribution is -0.385. The number of aromatic nitrogens is 2. The number of hydrogen-bond acceptors (Lipinski definition) is 6. The molecule has 114 valence electrons. The summed E-state index contributed by atoms with van der Waals surface area (Å²) in [6.07, 6.45) is 0.633. The lowest BCUT2D eigenvalue weighted by atomic mass is 10.1. The molecule has 2 aromatic rings. The van der Waals surface area contributed by atoms with Gasteiger partial charge in [0.05, 0.1) is 4.92 Å². The molecule has 0 radical (unpaired) electrons. The number of nitro benzene ring substituents is 1. The van der Waals surface area contributed by atoms with Crippen molar-refractivity contribution >= 4 is 18.1 Å². The molecule has 1 aromatic heterocycles. The first kappa shape index (κ1) is 17.1. The fourth-order valence-corrected chi connectivity index (χ4v) is 1.77. The van der Waals surface area contributed by atoms with Gasteiger partial charge >= 0.3 is 0 Å². The number of nitro groups is 1. The maximum Gasteiger partial charge on any atom is 0.273 e. The molecule has 0 amide bonds. The van der Waals surface area contributed by atoms with Crippen LogP contribution >= 0.6 is 12.4 Å². The number of benzene rings is 1. The molecule has 21 heavy (non-hydrogen) atoms. The summed E-state index contributed by atoms with van der Waals surface area (Å²) in [4.78, 5) is 14.8. The zero-order valence-electron chi connectivity index (χ0n) is 12.0. The van der Waals surface area contributed by atoms with Gasteiger partial charge in [-0.25, -0.2) is 0 Å². The van der Waals surface area contributed by atoms with Gasteiger partial charge < -0.3 is 9.84 Å². The van der Waals surface area contributed by atoms with E-state index in [1.54, 1.807) is 19.1 Å². The summed E-state index contributed by atoms with van der Waals surface area (Å²) in [5.74, 6) is 0.872. The molecule has 0 aliphatic carbocycles. The van der Waals surface area contributed by atoms with Gasteiger partial charge in [-0.1, -0.05) is 11.2 Å². The number of hydrogen-bond donors (Lipinski definition) is 1. The standard InChI is InChI=1S/C13H16N4O3.ClH/c1-8-4-5-10(7-11(8)17(18)19)13-15-12(16-20-13)6-9(2)14-3;/h4-5,7,9,14H,6H2,1-3H3;1H. The van der Waals surface area contributed by atoms with E-state index >= 15 is 0 Å². The zero-order chi connectivity index (χ0) is 14.7. The molecule has 1 heterocycles. The van der Waals surface area contributed by atoms with Crippen molar-refractivity contribution in [3.05, 3.63) is 39.7 Å². The second-order valence-electron chi connectivity index (χ2n) is 4.67. The average molecular weight is 313 g/mol. The highest BCUT2D eigenvalue weighted by atomic mass is 35.5. The van der Waals surface area contributed by atoms with Crippen LogP contribution in [0.5, 0.6) is 0 Å². The molecule has 1 atom stereocenters. The summed E-state index contributed by atoms with van der Waals surface area (Å²) in [6, 6.07) is 5.09. The van der Waals surface area contributed by atoms with E-state index in [4.69, 9.17) is 4.52 Å². The van der Waals surface area contributed by atoms with Crippen LogP contribution in [0.15, 0.2) is 22.7 Å². The van der Waals surface area contributed by atoms with Crippen LogP contribution in [0.25, 0.3) is 11.5 Å². The van der Waals surface area contributed by atoms with Crippen molar-refractivity contribution in [3.8, 4) is 11.5 Å². The maximum absolute atomic E-state index is 10.9. The third-order valence-corrected chi connectivity index (χ3v) is 3.10. The third-order valence-electron chi connectivity index (χ3n) is 3.10. The van der Waals surface area contributed by atoms with Crippen molar-refractivity contribution in [2.45, 2.75) is 26.3 Å². The molecular weight excluding hydrogens is 296 g/mol. The number of nitrogens with one attached hydrogen (secondary N) is 1. The summed E-state index contributed by atoms with van der Waals surface area (Å²) in [5.41, 5.74) is 1.20. The van der Waals surface area contributed by atoms with Gasteiger partial charge in [-0.3, -0.25) is 10.1 Å². The van der Waals surface area contributed by atoms with E-state index in [9.17, 15) is 10.1 Å². The lowest BCUT2D eigenvalue weighted by Gasteiger charge is -2.04. The Morgan fingerprint density at radius 2 is 2.19 bits per heavy atom. The Kier molecular flexibility index (Phi) is 5.80. The van der Waals surface area contributed by atoms with E-state index in [-0.39, 0.29) is 24.1 Å². The highest BCUT2D eigenvalue weighted by molar-refractivity contribution is 5.85. The van der Waals surface area contributed by atoms with Crippen molar-refractivity contribution in [2.75, 3.05) is 7.05 Å². The first-order valence-electron chi connectivity index (χ1n) is 6.26. The fourth-order valence-electron chi connectivity index (χ4n) is 1.77. The molecular formula is C13H17ClN4O3. The summed E-state index contributed by atoms with van der Waals surface area (Å²) in [5, 5.41) is 17.9. The second-order valence-corrected chi connectivity index (χ2v) is 4.67. The Morgan fingerprint density at radius 1 is 1.48 bits per heavy atom. The monoisotopic (exact) mass is 312 g/mol. The molecule has 0 saturated carbocycles. The Morgan fingerprint density at radius 3 is 2.81 bits per heavy atom. The average Bonchev–Trinajstić information content (AvgIpc) is 2.87. The molecule has 0 spiro atoms. The summed E-state index contributed by atoms with van der Waals surface area (Å²) < 4.78 is 5.16. The lowest BCUT2D eigenvalue weighted by Crippen LogP contribution is -2.24. The molecule has 1 N–H and O–H groups in total. The molecule has 2 rings (SSSR count). The Hall–Kier alpha value is -1.99. The molecule has 7 nitrogen and oxygen atoms in total. The molecule has 0 fully saturated rings. The van der Waals surface area contributed by atoms with Crippen LogP contribution in [0.2, 0.25) is 0 Å². The topological polar surface area (TPSA) is 94.1 Å². The van der Waals surface area contributed by atoms with E-state index < -0.39 is 4.92 Å². The van der Waals surface area contributed by atoms with Gasteiger partial charge in [-0.05, 0) is 27.0 Å². The Balaban J connectivity index is 0.00000220. The number of rotatable bonds is 5. The zero-order valence-corrected chi connectivity index (χ0v) is 12.8. The Labute approximate surface area is 128 Å². The number of aryl methyl sites for hydroxylation is 1. The van der Waals surface area contributed by atoms with Crippen molar-refractivity contribution in [3.63, 3.8) is 0 Å². The summed E-state index contributed by atoms with van der Waals surface area (Å²) in [6.45, 7) is 3.70. The summed E-state index contributed by atoms with van der Waals surface area (Å²) >= 11 is 0. The van der Waals surface area contributed by atoms with Crippen LogP contribution in [0, 0.1) is 17.0 Å². The van der Waals surface area contributed by atoms with Gasteiger partial charge in [0, 0.05) is 29.7 Å². The van der Waals surface area contributed by atoms with E-state index in [0.29, 0.717) is 29.3 Å². The van der Waals surface area contributed by atoms with Crippen LogP contribution in [-0.2, 0) is 6.42 Å². The van der Waals surface area contributed by atoms with Gasteiger partial charge in [0.2, 0.25) is 0 Å². The van der Waals surface area contributed by atoms with E-state index in [2.05, 4.69) is 15.5 Å². The van der Waals surface area contributed by atoms with Crippen molar-refractivity contribution in [1.29, 1.82) is 0 Å². The number of likely N-dealkylation sites (N-methyl/N-ethyl adjacent to an activating group) is 1. The second kappa shape index (κ2) is 7.14. The molecule has 1 unspecified atom stereocenters. The highest BCUT2D eigenvalue weighted by Crippen LogP contribution is 2.25. The molecule has 0 bridgehead atoms. The van der Waals surface area contributed by atoms with Crippen LogP contribution in [0.3, 0.4) is 0 Å². The van der Waals surface area contributed by atoms with Gasteiger partial charge in [-0.15, -0.1) is 12.4 Å². The SMILES string of the molecule is CNC(C)Cc1noc(-c2ccc(C)c([N+](=O)[O-])c2)n1.Cl. The molecule has 8 heteroatoms. The largest absolute Gasteiger partial charge is 0.334 e. The van der Waals surface area contributed by atoms with Crippen molar-refractivity contribution in [2.24, 2.45) is 0 Å². The highest BCUT2D eigenvalue weighted by Gasteiger charge is 2.16. The van der Waals surface area contributed by atoms with Gasteiger partial charge in [0.15, 0.2) is 5.82 Å². The minimum atomic E-state index is -0.417. The predicted molar refractivity (Wildman–Crippen MR) is 80.6 cm³/mol. The van der Waals surface area contributed by atoms with Gasteiger partial charge in [-0.2, -0.15) is 4.98 Å². The van der Waals surface area contributed by atoms with Gasteiger partial charge in [0.1, 0.15) is 0 Å². The molecule has 0 saturated heterocycles. The van der Waals surface area contributed by atoms with Crippen molar-refractivity contribution < 1.29 is 9.45 Å². The minimum absolute atomic E-state index is 0. The van der Waals surface area contributed by atoms with E-state index in [0.717, 1.165) is 0 Å².